The van der Waals surface area contributed by atoms with E-state index >= 15 is 0 Å². The molecule has 0 radical (unpaired) electrons. The highest BCUT2D eigenvalue weighted by atomic mass is 16.3. The number of carbonyl (C=O) groups is 1. The van der Waals surface area contributed by atoms with Crippen molar-refractivity contribution in [2.45, 2.75) is 20.8 Å². The van der Waals surface area contributed by atoms with E-state index in [1.165, 1.54) is 0 Å². The Balaban J connectivity index is 2.04. The largest absolute Gasteiger partial charge is 0.436 e. The maximum atomic E-state index is 12.0. The summed E-state index contributed by atoms with van der Waals surface area (Å²) in [7, 11) is 0. The molecule has 4 heteroatoms. The normalized spacial score (nSPS) is 11.1. The van der Waals surface area contributed by atoms with Gasteiger partial charge in [-0.25, -0.2) is 4.98 Å². The van der Waals surface area contributed by atoms with E-state index in [2.05, 4.69) is 10.3 Å². The molecule has 0 aliphatic heterocycles. The van der Waals surface area contributed by atoms with Crippen molar-refractivity contribution in [3.8, 4) is 11.5 Å². The molecule has 0 saturated carbocycles. The molecule has 1 aromatic heterocycles. The number of fused-ring (bicyclic) bond motifs is 1. The second kappa shape index (κ2) is 5.64. The SMILES string of the molecule is Cc1ccc2oc(-c3ccccc3NC(=O)C(C)C)nc2c1. The predicted molar refractivity (Wildman–Crippen MR) is 87.6 cm³/mol. The van der Waals surface area contributed by atoms with Crippen molar-refractivity contribution in [3.63, 3.8) is 0 Å². The lowest BCUT2D eigenvalue weighted by Crippen LogP contribution is -2.18. The van der Waals surface area contributed by atoms with Gasteiger partial charge in [-0.1, -0.05) is 32.0 Å². The standard InChI is InChI=1S/C18H18N2O2/c1-11(2)17(21)19-14-7-5-4-6-13(14)18-20-15-10-12(3)8-9-16(15)22-18/h4-11H,1-3H3,(H,19,21). The number of amides is 1. The van der Waals surface area contributed by atoms with Gasteiger partial charge in [0.2, 0.25) is 11.8 Å². The highest BCUT2D eigenvalue weighted by molar-refractivity contribution is 5.96. The van der Waals surface area contributed by atoms with Gasteiger partial charge in [0.1, 0.15) is 5.52 Å². The first-order chi connectivity index (χ1) is 10.5. The molecule has 1 N–H and O–H groups in total. The highest BCUT2D eigenvalue weighted by Crippen LogP contribution is 2.30. The minimum atomic E-state index is -0.0839. The molecular weight excluding hydrogens is 276 g/mol. The number of oxazole rings is 1. The third-order valence-corrected chi connectivity index (χ3v) is 3.48. The Kier molecular flexibility index (Phi) is 3.67. The first-order valence-electron chi connectivity index (χ1n) is 7.32. The second-order valence-electron chi connectivity index (χ2n) is 5.68. The fraction of sp³-hybridized carbons (Fsp3) is 0.222. The number of rotatable bonds is 3. The molecule has 0 fully saturated rings. The van der Waals surface area contributed by atoms with Crippen LogP contribution >= 0.6 is 0 Å². The van der Waals surface area contributed by atoms with Crippen LogP contribution < -0.4 is 5.32 Å². The Labute approximate surface area is 129 Å². The van der Waals surface area contributed by atoms with Crippen molar-refractivity contribution < 1.29 is 9.21 Å². The van der Waals surface area contributed by atoms with Crippen LogP contribution in [0.15, 0.2) is 46.9 Å². The average Bonchev–Trinajstić information content (AvgIpc) is 2.90. The van der Waals surface area contributed by atoms with Gasteiger partial charge in [-0.3, -0.25) is 4.79 Å². The lowest BCUT2D eigenvalue weighted by Gasteiger charge is -2.10. The first-order valence-corrected chi connectivity index (χ1v) is 7.32. The summed E-state index contributed by atoms with van der Waals surface area (Å²) < 4.78 is 5.83. The van der Waals surface area contributed by atoms with E-state index in [9.17, 15) is 4.79 Å². The van der Waals surface area contributed by atoms with Gasteiger partial charge in [-0.2, -0.15) is 0 Å². The third-order valence-electron chi connectivity index (χ3n) is 3.48. The van der Waals surface area contributed by atoms with Crippen molar-refractivity contribution >= 4 is 22.7 Å². The number of nitrogens with zero attached hydrogens (tertiary/aromatic N) is 1. The van der Waals surface area contributed by atoms with E-state index in [4.69, 9.17) is 4.42 Å². The molecular formula is C18H18N2O2. The molecule has 0 aliphatic rings. The number of para-hydroxylation sites is 1. The Morgan fingerprint density at radius 3 is 2.73 bits per heavy atom. The summed E-state index contributed by atoms with van der Waals surface area (Å²) in [5.74, 6) is 0.402. The zero-order valence-corrected chi connectivity index (χ0v) is 12.9. The lowest BCUT2D eigenvalue weighted by molar-refractivity contribution is -0.118. The molecule has 0 bridgehead atoms. The van der Waals surface area contributed by atoms with E-state index < -0.39 is 0 Å². The summed E-state index contributed by atoms with van der Waals surface area (Å²) >= 11 is 0. The zero-order valence-electron chi connectivity index (χ0n) is 12.9. The molecule has 112 valence electrons. The molecule has 0 spiro atoms. The summed E-state index contributed by atoms with van der Waals surface area (Å²) in [5, 5.41) is 2.93. The zero-order chi connectivity index (χ0) is 15.7. The smallest absolute Gasteiger partial charge is 0.229 e. The fourth-order valence-electron chi connectivity index (χ4n) is 2.21. The number of benzene rings is 2. The molecule has 4 nitrogen and oxygen atoms in total. The van der Waals surface area contributed by atoms with Gasteiger partial charge in [-0.15, -0.1) is 0 Å². The van der Waals surface area contributed by atoms with E-state index in [1.54, 1.807) is 0 Å². The number of carbonyl (C=O) groups excluding carboxylic acids is 1. The quantitative estimate of drug-likeness (QED) is 0.779. The van der Waals surface area contributed by atoms with Crippen LogP contribution in [0.1, 0.15) is 19.4 Å². The van der Waals surface area contributed by atoms with E-state index in [1.807, 2.05) is 63.2 Å². The molecule has 22 heavy (non-hydrogen) atoms. The molecule has 1 heterocycles. The van der Waals surface area contributed by atoms with Crippen molar-refractivity contribution in [3.05, 3.63) is 48.0 Å². The monoisotopic (exact) mass is 294 g/mol. The number of aryl methyl sites for hydroxylation is 1. The minimum absolute atomic E-state index is 0.0283. The predicted octanol–water partition coefficient (Wildman–Crippen LogP) is 4.40. The Bertz CT molecular complexity index is 834. The van der Waals surface area contributed by atoms with Gasteiger partial charge in [0.05, 0.1) is 11.3 Å². The molecule has 0 saturated heterocycles. The van der Waals surface area contributed by atoms with Gasteiger partial charge >= 0.3 is 0 Å². The van der Waals surface area contributed by atoms with Crippen molar-refractivity contribution in [2.24, 2.45) is 5.92 Å². The number of hydrogen-bond donors (Lipinski definition) is 1. The van der Waals surface area contributed by atoms with Gasteiger partial charge in [0.25, 0.3) is 0 Å². The number of hydrogen-bond acceptors (Lipinski definition) is 3. The Morgan fingerprint density at radius 1 is 1.18 bits per heavy atom. The van der Waals surface area contributed by atoms with E-state index in [-0.39, 0.29) is 11.8 Å². The summed E-state index contributed by atoms with van der Waals surface area (Å²) in [4.78, 5) is 16.5. The summed E-state index contributed by atoms with van der Waals surface area (Å²) in [5.41, 5.74) is 4.19. The Hall–Kier alpha value is -2.62. The maximum absolute atomic E-state index is 12.0. The minimum Gasteiger partial charge on any atom is -0.436 e. The van der Waals surface area contributed by atoms with Crippen LogP contribution in [0.4, 0.5) is 5.69 Å². The molecule has 0 aliphatic carbocycles. The van der Waals surface area contributed by atoms with Gasteiger partial charge in [-0.05, 0) is 36.8 Å². The summed E-state index contributed by atoms with van der Waals surface area (Å²) in [6.45, 7) is 5.74. The van der Waals surface area contributed by atoms with Crippen molar-refractivity contribution in [2.75, 3.05) is 5.32 Å². The van der Waals surface area contributed by atoms with Crippen LogP contribution in [0.3, 0.4) is 0 Å². The summed E-state index contributed by atoms with van der Waals surface area (Å²) in [6.07, 6.45) is 0. The van der Waals surface area contributed by atoms with Gasteiger partial charge in [0.15, 0.2) is 5.58 Å². The molecule has 2 aromatic carbocycles. The molecule has 3 aromatic rings. The van der Waals surface area contributed by atoms with Gasteiger partial charge < -0.3 is 9.73 Å². The lowest BCUT2D eigenvalue weighted by atomic mass is 10.1. The van der Waals surface area contributed by atoms with Crippen LogP contribution in [0, 0.1) is 12.8 Å². The molecule has 3 rings (SSSR count). The van der Waals surface area contributed by atoms with Crippen LogP contribution in [0.5, 0.6) is 0 Å². The fourth-order valence-corrected chi connectivity index (χ4v) is 2.21. The van der Waals surface area contributed by atoms with E-state index in [0.29, 0.717) is 11.6 Å². The number of aromatic nitrogens is 1. The second-order valence-corrected chi connectivity index (χ2v) is 5.68. The molecule has 1 amide bonds. The number of anilines is 1. The van der Waals surface area contributed by atoms with Crippen LogP contribution in [0.2, 0.25) is 0 Å². The van der Waals surface area contributed by atoms with Gasteiger partial charge in [0, 0.05) is 5.92 Å². The maximum Gasteiger partial charge on any atom is 0.229 e. The summed E-state index contributed by atoms with van der Waals surface area (Å²) in [6, 6.07) is 13.4. The van der Waals surface area contributed by atoms with Crippen molar-refractivity contribution in [1.29, 1.82) is 0 Å². The van der Waals surface area contributed by atoms with Crippen LogP contribution in [0.25, 0.3) is 22.6 Å². The van der Waals surface area contributed by atoms with E-state index in [0.717, 1.165) is 22.2 Å². The topological polar surface area (TPSA) is 55.1 Å². The highest BCUT2D eigenvalue weighted by Gasteiger charge is 2.15. The Morgan fingerprint density at radius 2 is 1.95 bits per heavy atom. The van der Waals surface area contributed by atoms with Crippen molar-refractivity contribution in [1.82, 2.24) is 4.98 Å². The third kappa shape index (κ3) is 2.72. The van der Waals surface area contributed by atoms with Crippen LogP contribution in [-0.2, 0) is 4.79 Å². The molecule has 0 unspecified atom stereocenters. The first kappa shape index (κ1) is 14.3. The molecule has 0 atom stereocenters. The van der Waals surface area contributed by atoms with Crippen LogP contribution in [-0.4, -0.2) is 10.9 Å². The average molecular weight is 294 g/mol. The number of nitrogens with one attached hydrogen (secondary N) is 1.